The molecule has 0 radical (unpaired) electrons. The lowest BCUT2D eigenvalue weighted by Gasteiger charge is -2.32. The molecule has 0 saturated carbocycles. The first-order valence-electron chi connectivity index (χ1n) is 6.44. The van der Waals surface area contributed by atoms with Crippen LogP contribution >= 0.6 is 11.8 Å². The van der Waals surface area contributed by atoms with E-state index in [0.717, 1.165) is 24.6 Å². The molecule has 110 valence electrons. The lowest BCUT2D eigenvalue weighted by Crippen LogP contribution is -2.40. The van der Waals surface area contributed by atoms with Gasteiger partial charge in [0.2, 0.25) is 0 Å². The van der Waals surface area contributed by atoms with E-state index in [-0.39, 0.29) is 0 Å². The van der Waals surface area contributed by atoms with Gasteiger partial charge in [-0.1, -0.05) is 0 Å². The Labute approximate surface area is 122 Å². The number of carbonyl (C=O) groups is 1. The van der Waals surface area contributed by atoms with E-state index in [0.29, 0.717) is 17.1 Å². The van der Waals surface area contributed by atoms with Gasteiger partial charge in [-0.05, 0) is 18.2 Å². The zero-order valence-corrected chi connectivity index (χ0v) is 12.5. The SMILES string of the molecule is COc1ccc(OC)c([C@H](C(=O)O)N2CCSCC2)c1. The zero-order valence-electron chi connectivity index (χ0n) is 11.7. The van der Waals surface area contributed by atoms with E-state index < -0.39 is 12.0 Å². The molecule has 1 aromatic carbocycles. The van der Waals surface area contributed by atoms with E-state index >= 15 is 0 Å². The van der Waals surface area contributed by atoms with E-state index in [2.05, 4.69) is 0 Å². The summed E-state index contributed by atoms with van der Waals surface area (Å²) in [5.41, 5.74) is 0.645. The van der Waals surface area contributed by atoms with Gasteiger partial charge in [-0.3, -0.25) is 9.69 Å². The molecule has 1 heterocycles. The maximum atomic E-state index is 11.7. The second kappa shape index (κ2) is 6.85. The highest BCUT2D eigenvalue weighted by Crippen LogP contribution is 2.34. The highest BCUT2D eigenvalue weighted by molar-refractivity contribution is 7.99. The molecule has 1 aliphatic heterocycles. The zero-order chi connectivity index (χ0) is 14.5. The van der Waals surface area contributed by atoms with Crippen LogP contribution in [-0.2, 0) is 4.79 Å². The Balaban J connectivity index is 2.39. The number of aliphatic carboxylic acids is 1. The number of nitrogens with zero attached hydrogens (tertiary/aromatic N) is 1. The summed E-state index contributed by atoms with van der Waals surface area (Å²) >= 11 is 1.85. The smallest absolute Gasteiger partial charge is 0.325 e. The molecule has 1 fully saturated rings. The minimum atomic E-state index is -0.858. The maximum absolute atomic E-state index is 11.7. The van der Waals surface area contributed by atoms with Gasteiger partial charge in [-0.15, -0.1) is 0 Å². The first-order chi connectivity index (χ1) is 9.67. The molecule has 5 nitrogen and oxygen atoms in total. The molecule has 20 heavy (non-hydrogen) atoms. The normalized spacial score (nSPS) is 17.5. The predicted molar refractivity (Wildman–Crippen MR) is 78.8 cm³/mol. The fourth-order valence-electron chi connectivity index (χ4n) is 2.37. The summed E-state index contributed by atoms with van der Waals surface area (Å²) in [6.07, 6.45) is 0. The predicted octanol–water partition coefficient (Wildman–Crippen LogP) is 1.88. The van der Waals surface area contributed by atoms with Crippen molar-refractivity contribution in [2.24, 2.45) is 0 Å². The largest absolute Gasteiger partial charge is 0.497 e. The van der Waals surface area contributed by atoms with E-state index in [9.17, 15) is 9.90 Å². The second-order valence-electron chi connectivity index (χ2n) is 4.50. The van der Waals surface area contributed by atoms with Crippen molar-refractivity contribution >= 4 is 17.7 Å². The van der Waals surface area contributed by atoms with Crippen LogP contribution in [0.3, 0.4) is 0 Å². The molecule has 0 amide bonds. The van der Waals surface area contributed by atoms with Crippen LogP contribution in [-0.4, -0.2) is 54.8 Å². The molecule has 0 aromatic heterocycles. The molecule has 1 aliphatic rings. The van der Waals surface area contributed by atoms with Crippen molar-refractivity contribution in [2.45, 2.75) is 6.04 Å². The minimum Gasteiger partial charge on any atom is -0.497 e. The van der Waals surface area contributed by atoms with Crippen LogP contribution in [0.15, 0.2) is 18.2 Å². The van der Waals surface area contributed by atoms with Crippen molar-refractivity contribution in [1.82, 2.24) is 4.90 Å². The summed E-state index contributed by atoms with van der Waals surface area (Å²) in [6, 6.07) is 4.58. The molecule has 2 rings (SSSR count). The van der Waals surface area contributed by atoms with Crippen molar-refractivity contribution in [1.29, 1.82) is 0 Å². The number of ether oxygens (including phenoxy) is 2. The van der Waals surface area contributed by atoms with Gasteiger partial charge in [0.05, 0.1) is 14.2 Å². The Morgan fingerprint density at radius 1 is 1.30 bits per heavy atom. The highest BCUT2D eigenvalue weighted by Gasteiger charge is 2.31. The summed E-state index contributed by atoms with van der Waals surface area (Å²) in [6.45, 7) is 1.53. The van der Waals surface area contributed by atoms with E-state index in [1.54, 1.807) is 32.4 Å². The van der Waals surface area contributed by atoms with Crippen LogP contribution in [0, 0.1) is 0 Å². The molecule has 0 bridgehead atoms. The van der Waals surface area contributed by atoms with E-state index in [1.165, 1.54) is 0 Å². The molecular weight excluding hydrogens is 278 g/mol. The van der Waals surface area contributed by atoms with Gasteiger partial charge < -0.3 is 14.6 Å². The quantitative estimate of drug-likeness (QED) is 0.895. The summed E-state index contributed by atoms with van der Waals surface area (Å²) in [5, 5.41) is 9.62. The Hall–Kier alpha value is -1.40. The van der Waals surface area contributed by atoms with Gasteiger partial charge in [0.1, 0.15) is 17.5 Å². The second-order valence-corrected chi connectivity index (χ2v) is 5.72. The van der Waals surface area contributed by atoms with Crippen molar-refractivity contribution < 1.29 is 19.4 Å². The molecule has 0 aliphatic carbocycles. The lowest BCUT2D eigenvalue weighted by atomic mass is 10.0. The van der Waals surface area contributed by atoms with E-state index in [4.69, 9.17) is 9.47 Å². The highest BCUT2D eigenvalue weighted by atomic mass is 32.2. The number of benzene rings is 1. The standard InChI is InChI=1S/C14H19NO4S/c1-18-10-3-4-12(19-2)11(9-10)13(14(16)17)15-5-7-20-8-6-15/h3-4,9,13H,5-8H2,1-2H3,(H,16,17)/t13-/m1/s1. The van der Waals surface area contributed by atoms with Gasteiger partial charge in [0.15, 0.2) is 0 Å². The molecule has 6 heteroatoms. The Morgan fingerprint density at radius 3 is 2.55 bits per heavy atom. The van der Waals surface area contributed by atoms with Crippen LogP contribution in [0.5, 0.6) is 11.5 Å². The van der Waals surface area contributed by atoms with Crippen molar-refractivity contribution in [3.8, 4) is 11.5 Å². The fraction of sp³-hybridized carbons (Fsp3) is 0.500. The molecule has 0 unspecified atom stereocenters. The van der Waals surface area contributed by atoms with Crippen LogP contribution in [0.1, 0.15) is 11.6 Å². The topological polar surface area (TPSA) is 59.0 Å². The van der Waals surface area contributed by atoms with Gasteiger partial charge >= 0.3 is 5.97 Å². The molecule has 1 aromatic rings. The number of methoxy groups -OCH3 is 2. The van der Waals surface area contributed by atoms with Gasteiger partial charge in [-0.25, -0.2) is 0 Å². The number of rotatable bonds is 5. The molecule has 1 N–H and O–H groups in total. The summed E-state index contributed by atoms with van der Waals surface area (Å²) in [7, 11) is 3.12. The Morgan fingerprint density at radius 2 is 2.00 bits per heavy atom. The van der Waals surface area contributed by atoms with Gasteiger partial charge in [-0.2, -0.15) is 11.8 Å². The number of carboxylic acids is 1. The first-order valence-corrected chi connectivity index (χ1v) is 7.59. The number of thioether (sulfide) groups is 1. The molecule has 0 spiro atoms. The van der Waals surface area contributed by atoms with Crippen LogP contribution in [0.4, 0.5) is 0 Å². The summed E-state index contributed by atoms with van der Waals surface area (Å²) in [5.74, 6) is 2.27. The summed E-state index contributed by atoms with van der Waals surface area (Å²) in [4.78, 5) is 13.7. The Kier molecular flexibility index (Phi) is 5.14. The third-order valence-corrected chi connectivity index (χ3v) is 4.32. The van der Waals surface area contributed by atoms with E-state index in [1.807, 2.05) is 16.7 Å². The number of carboxylic acid groups (broad SMARTS) is 1. The van der Waals surface area contributed by atoms with Crippen LogP contribution < -0.4 is 9.47 Å². The Bertz CT molecular complexity index is 474. The average Bonchev–Trinajstić information content (AvgIpc) is 2.48. The van der Waals surface area contributed by atoms with Crippen LogP contribution in [0.2, 0.25) is 0 Å². The van der Waals surface area contributed by atoms with Crippen LogP contribution in [0.25, 0.3) is 0 Å². The fourth-order valence-corrected chi connectivity index (χ4v) is 3.31. The molecular formula is C14H19NO4S. The monoisotopic (exact) mass is 297 g/mol. The lowest BCUT2D eigenvalue weighted by molar-refractivity contribution is -0.143. The number of hydrogen-bond acceptors (Lipinski definition) is 5. The maximum Gasteiger partial charge on any atom is 0.325 e. The minimum absolute atomic E-state index is 0.580. The average molecular weight is 297 g/mol. The molecule has 1 saturated heterocycles. The van der Waals surface area contributed by atoms with Crippen molar-refractivity contribution in [3.63, 3.8) is 0 Å². The number of hydrogen-bond donors (Lipinski definition) is 1. The van der Waals surface area contributed by atoms with Gasteiger partial charge in [0, 0.05) is 30.2 Å². The van der Waals surface area contributed by atoms with Gasteiger partial charge in [0.25, 0.3) is 0 Å². The van der Waals surface area contributed by atoms with Crippen molar-refractivity contribution in [3.05, 3.63) is 23.8 Å². The molecule has 1 atom stereocenters. The third-order valence-electron chi connectivity index (χ3n) is 3.38. The summed E-state index contributed by atoms with van der Waals surface area (Å²) < 4.78 is 10.5. The third kappa shape index (κ3) is 3.19. The van der Waals surface area contributed by atoms with Crippen molar-refractivity contribution in [2.75, 3.05) is 38.8 Å². The first kappa shape index (κ1) is 15.0.